The third-order valence-corrected chi connectivity index (χ3v) is 5.27. The predicted molar refractivity (Wildman–Crippen MR) is 113 cm³/mol. The van der Waals surface area contributed by atoms with Gasteiger partial charge in [-0.05, 0) is 31.6 Å². The number of likely N-dealkylation sites (N-methyl/N-ethyl adjacent to an activating group) is 1. The maximum absolute atomic E-state index is 5.91. The van der Waals surface area contributed by atoms with E-state index in [0.29, 0.717) is 0 Å². The van der Waals surface area contributed by atoms with Gasteiger partial charge in [0.25, 0.3) is 0 Å². The number of rotatable bonds is 7. The molecule has 5 heteroatoms. The molecule has 0 saturated carbocycles. The first-order valence-electron chi connectivity index (χ1n) is 9.93. The van der Waals surface area contributed by atoms with Crippen molar-refractivity contribution in [3.63, 3.8) is 0 Å². The average molecular weight is 377 g/mol. The van der Waals surface area contributed by atoms with E-state index in [-0.39, 0.29) is 0 Å². The molecule has 146 valence electrons. The van der Waals surface area contributed by atoms with Gasteiger partial charge < -0.3 is 19.6 Å². The summed E-state index contributed by atoms with van der Waals surface area (Å²) in [4.78, 5) is 4.51. The van der Waals surface area contributed by atoms with E-state index in [1.54, 1.807) is 0 Å². The largest absolute Gasteiger partial charge is 0.338 e. The van der Waals surface area contributed by atoms with Gasteiger partial charge in [0.2, 0.25) is 5.88 Å². The first-order chi connectivity index (χ1) is 13.7. The molecule has 0 amide bonds. The quantitative estimate of drug-likeness (QED) is 0.639. The number of nitrogens with one attached hydrogen (secondary N) is 1. The Balaban J connectivity index is 1.60. The fraction of sp³-hybridized carbons (Fsp3) is 0.348. The summed E-state index contributed by atoms with van der Waals surface area (Å²) in [7, 11) is 4.18. The summed E-state index contributed by atoms with van der Waals surface area (Å²) in [6.07, 6.45) is 1.03. The zero-order valence-corrected chi connectivity index (χ0v) is 16.7. The Labute approximate surface area is 166 Å². The molecule has 28 heavy (non-hydrogen) atoms. The summed E-state index contributed by atoms with van der Waals surface area (Å²) in [6, 6.07) is 19.0. The highest BCUT2D eigenvalue weighted by atomic mass is 16.5. The highest BCUT2D eigenvalue weighted by Gasteiger charge is 2.25. The summed E-state index contributed by atoms with van der Waals surface area (Å²) in [5, 5.41) is 8.02. The molecule has 1 aliphatic heterocycles. The van der Waals surface area contributed by atoms with Crippen LogP contribution in [0.4, 0.5) is 5.88 Å². The second kappa shape index (κ2) is 8.59. The van der Waals surface area contributed by atoms with Crippen LogP contribution in [0.2, 0.25) is 0 Å². The van der Waals surface area contributed by atoms with Crippen LogP contribution in [-0.2, 0) is 19.5 Å². The molecule has 0 aliphatic carbocycles. The molecule has 0 unspecified atom stereocenters. The zero-order chi connectivity index (χ0) is 19.3. The van der Waals surface area contributed by atoms with E-state index in [1.165, 1.54) is 11.1 Å². The van der Waals surface area contributed by atoms with E-state index in [9.17, 15) is 0 Å². The fourth-order valence-electron chi connectivity index (χ4n) is 3.72. The van der Waals surface area contributed by atoms with Crippen LogP contribution in [0.5, 0.6) is 0 Å². The van der Waals surface area contributed by atoms with E-state index in [1.807, 2.05) is 18.2 Å². The summed E-state index contributed by atoms with van der Waals surface area (Å²) in [6.45, 7) is 4.48. The van der Waals surface area contributed by atoms with Gasteiger partial charge in [0.05, 0.1) is 5.56 Å². The van der Waals surface area contributed by atoms with Crippen molar-refractivity contribution in [2.75, 3.05) is 38.6 Å². The average Bonchev–Trinajstić information content (AvgIpc) is 3.15. The third-order valence-electron chi connectivity index (χ3n) is 5.27. The Bertz CT molecular complexity index is 904. The molecular weight excluding hydrogens is 348 g/mol. The van der Waals surface area contributed by atoms with Gasteiger partial charge in [0.1, 0.15) is 5.69 Å². The number of anilines is 1. The number of nitrogens with zero attached hydrogens (tertiary/aromatic N) is 3. The standard InChI is InChI=1S/C23H28N4O/c1-26(2)15-13-24-16-21-22(19-9-4-3-5-10-19)25-28-23(21)27-14-12-18-8-6-7-11-20(18)17-27/h3-11,24H,12-17H2,1-2H3. The van der Waals surface area contributed by atoms with E-state index in [0.717, 1.165) is 61.8 Å². The maximum Gasteiger partial charge on any atom is 0.232 e. The van der Waals surface area contributed by atoms with Gasteiger partial charge in [-0.15, -0.1) is 0 Å². The van der Waals surface area contributed by atoms with Crippen LogP contribution < -0.4 is 10.2 Å². The third kappa shape index (κ3) is 4.11. The summed E-state index contributed by atoms with van der Waals surface area (Å²) in [5.74, 6) is 0.894. The normalized spacial score (nSPS) is 13.8. The molecule has 2 aromatic carbocycles. The molecule has 3 aromatic rings. The van der Waals surface area contributed by atoms with Gasteiger partial charge in [-0.2, -0.15) is 0 Å². The number of benzene rings is 2. The molecule has 1 aromatic heterocycles. The Morgan fingerprint density at radius 1 is 1.04 bits per heavy atom. The van der Waals surface area contributed by atoms with E-state index in [4.69, 9.17) is 4.52 Å². The minimum atomic E-state index is 0.745. The lowest BCUT2D eigenvalue weighted by Crippen LogP contribution is -2.31. The van der Waals surface area contributed by atoms with Crippen LogP contribution in [0.25, 0.3) is 11.3 Å². The molecule has 0 bridgehead atoms. The summed E-state index contributed by atoms with van der Waals surface area (Å²) < 4.78 is 5.91. The van der Waals surface area contributed by atoms with Gasteiger partial charge >= 0.3 is 0 Å². The van der Waals surface area contributed by atoms with Crippen molar-refractivity contribution >= 4 is 5.88 Å². The van der Waals surface area contributed by atoms with Crippen LogP contribution in [-0.4, -0.2) is 43.8 Å². The molecule has 2 heterocycles. The molecule has 1 N–H and O–H groups in total. The lowest BCUT2D eigenvalue weighted by atomic mass is 9.99. The highest BCUT2D eigenvalue weighted by molar-refractivity contribution is 5.68. The summed E-state index contributed by atoms with van der Waals surface area (Å²) >= 11 is 0. The second-order valence-electron chi connectivity index (χ2n) is 7.60. The topological polar surface area (TPSA) is 44.5 Å². The molecule has 5 nitrogen and oxygen atoms in total. The molecule has 0 radical (unpaired) electrons. The minimum absolute atomic E-state index is 0.745. The Morgan fingerprint density at radius 2 is 1.79 bits per heavy atom. The van der Waals surface area contributed by atoms with Crippen molar-refractivity contribution in [2.45, 2.75) is 19.5 Å². The molecule has 1 aliphatic rings. The molecule has 0 atom stereocenters. The molecule has 0 saturated heterocycles. The smallest absolute Gasteiger partial charge is 0.232 e. The molecular formula is C23H28N4O. The van der Waals surface area contributed by atoms with Gasteiger partial charge in [0.15, 0.2) is 0 Å². The van der Waals surface area contributed by atoms with Crippen molar-refractivity contribution in [3.8, 4) is 11.3 Å². The highest BCUT2D eigenvalue weighted by Crippen LogP contribution is 2.33. The van der Waals surface area contributed by atoms with Gasteiger partial charge in [-0.25, -0.2) is 0 Å². The Hall–Kier alpha value is -2.63. The van der Waals surface area contributed by atoms with Gasteiger partial charge in [0, 0.05) is 38.3 Å². The fourth-order valence-corrected chi connectivity index (χ4v) is 3.72. The van der Waals surface area contributed by atoms with Crippen LogP contribution in [0, 0.1) is 0 Å². The monoisotopic (exact) mass is 376 g/mol. The lowest BCUT2D eigenvalue weighted by molar-refractivity contribution is 0.398. The van der Waals surface area contributed by atoms with Gasteiger partial charge in [-0.1, -0.05) is 59.8 Å². The number of aromatic nitrogens is 1. The van der Waals surface area contributed by atoms with Crippen LogP contribution in [0.3, 0.4) is 0 Å². The molecule has 0 fully saturated rings. The van der Waals surface area contributed by atoms with Crippen molar-refractivity contribution in [1.82, 2.24) is 15.4 Å². The second-order valence-corrected chi connectivity index (χ2v) is 7.60. The predicted octanol–water partition coefficient (Wildman–Crippen LogP) is 3.56. The number of fused-ring (bicyclic) bond motifs is 1. The van der Waals surface area contributed by atoms with E-state index >= 15 is 0 Å². The van der Waals surface area contributed by atoms with Crippen molar-refractivity contribution in [2.24, 2.45) is 0 Å². The summed E-state index contributed by atoms with van der Waals surface area (Å²) in [5.41, 5.74) is 5.99. The number of hydrogen-bond acceptors (Lipinski definition) is 5. The SMILES string of the molecule is CN(C)CCNCc1c(-c2ccccc2)noc1N1CCc2ccccc2C1. The Kier molecular flexibility index (Phi) is 5.74. The van der Waals surface area contributed by atoms with Crippen molar-refractivity contribution in [3.05, 3.63) is 71.3 Å². The maximum atomic E-state index is 5.91. The number of hydrogen-bond donors (Lipinski definition) is 1. The van der Waals surface area contributed by atoms with E-state index < -0.39 is 0 Å². The molecule has 0 spiro atoms. The molecule has 4 rings (SSSR count). The van der Waals surface area contributed by atoms with Crippen LogP contribution in [0.1, 0.15) is 16.7 Å². The van der Waals surface area contributed by atoms with Crippen LogP contribution in [0.15, 0.2) is 59.1 Å². The van der Waals surface area contributed by atoms with Crippen LogP contribution >= 0.6 is 0 Å². The Morgan fingerprint density at radius 3 is 2.57 bits per heavy atom. The zero-order valence-electron chi connectivity index (χ0n) is 16.7. The van der Waals surface area contributed by atoms with Crippen molar-refractivity contribution < 1.29 is 4.52 Å². The first kappa shape index (κ1) is 18.7. The minimum Gasteiger partial charge on any atom is -0.338 e. The van der Waals surface area contributed by atoms with Crippen molar-refractivity contribution in [1.29, 1.82) is 0 Å². The van der Waals surface area contributed by atoms with E-state index in [2.05, 4.69) is 70.8 Å². The lowest BCUT2D eigenvalue weighted by Gasteiger charge is -2.29. The van der Waals surface area contributed by atoms with Gasteiger partial charge in [-0.3, -0.25) is 0 Å². The first-order valence-corrected chi connectivity index (χ1v) is 9.93.